The number of halogens is 1. The lowest BCUT2D eigenvalue weighted by atomic mass is 10.1. The summed E-state index contributed by atoms with van der Waals surface area (Å²) in [6.07, 6.45) is 0. The van der Waals surface area contributed by atoms with Gasteiger partial charge in [-0.3, -0.25) is 0 Å². The van der Waals surface area contributed by atoms with E-state index >= 15 is 0 Å². The molecule has 1 N–H and O–H groups in total. The molecular weight excluding hydrogens is 276 g/mol. The second-order valence-corrected chi connectivity index (χ2v) is 4.72. The standard InChI is InChI=1S/C11H7BrO2S/c12-9-4-2-1-3-7(9)8-5-6-15-10(8)11(13)14/h1-6H,(H,13,14). The Morgan fingerprint density at radius 3 is 2.60 bits per heavy atom. The Kier molecular flexibility index (Phi) is 2.88. The Morgan fingerprint density at radius 2 is 1.93 bits per heavy atom. The summed E-state index contributed by atoms with van der Waals surface area (Å²) in [5.41, 5.74) is 1.68. The summed E-state index contributed by atoms with van der Waals surface area (Å²) < 4.78 is 0.908. The first-order valence-corrected chi connectivity index (χ1v) is 5.93. The number of carboxylic acids is 1. The Hall–Kier alpha value is -1.13. The fraction of sp³-hybridized carbons (Fsp3) is 0. The highest BCUT2D eigenvalue weighted by atomic mass is 79.9. The Morgan fingerprint density at radius 1 is 1.20 bits per heavy atom. The van der Waals surface area contributed by atoms with Crippen LogP contribution in [-0.4, -0.2) is 11.1 Å². The Balaban J connectivity index is 2.59. The minimum absolute atomic E-state index is 0.377. The zero-order chi connectivity index (χ0) is 10.8. The summed E-state index contributed by atoms with van der Waals surface area (Å²) in [4.78, 5) is 11.3. The highest BCUT2D eigenvalue weighted by molar-refractivity contribution is 9.10. The smallest absolute Gasteiger partial charge is 0.346 e. The van der Waals surface area contributed by atoms with Crippen molar-refractivity contribution in [2.24, 2.45) is 0 Å². The normalized spacial score (nSPS) is 10.2. The number of carbonyl (C=O) groups is 1. The van der Waals surface area contributed by atoms with Crippen LogP contribution in [0.5, 0.6) is 0 Å². The maximum Gasteiger partial charge on any atom is 0.346 e. The maximum absolute atomic E-state index is 11.0. The molecule has 0 aliphatic heterocycles. The maximum atomic E-state index is 11.0. The molecule has 1 aromatic heterocycles. The number of aromatic carboxylic acids is 1. The average molecular weight is 283 g/mol. The molecule has 0 unspecified atom stereocenters. The average Bonchev–Trinajstić information content (AvgIpc) is 2.67. The van der Waals surface area contributed by atoms with Crippen molar-refractivity contribution in [2.75, 3.05) is 0 Å². The highest BCUT2D eigenvalue weighted by Crippen LogP contribution is 2.33. The van der Waals surface area contributed by atoms with Gasteiger partial charge in [0.1, 0.15) is 4.88 Å². The van der Waals surface area contributed by atoms with Crippen molar-refractivity contribution in [2.45, 2.75) is 0 Å². The predicted octanol–water partition coefficient (Wildman–Crippen LogP) is 3.88. The van der Waals surface area contributed by atoms with Gasteiger partial charge in [-0.1, -0.05) is 34.1 Å². The first-order valence-electron chi connectivity index (χ1n) is 4.26. The first-order chi connectivity index (χ1) is 7.20. The van der Waals surface area contributed by atoms with Crippen molar-refractivity contribution in [3.63, 3.8) is 0 Å². The molecule has 2 rings (SSSR count). The van der Waals surface area contributed by atoms with Gasteiger partial charge >= 0.3 is 5.97 Å². The van der Waals surface area contributed by atoms with Gasteiger partial charge in [0.05, 0.1) is 0 Å². The third-order valence-corrected chi connectivity index (χ3v) is 3.62. The van der Waals surface area contributed by atoms with E-state index in [9.17, 15) is 4.79 Å². The molecule has 0 saturated carbocycles. The van der Waals surface area contributed by atoms with Crippen LogP contribution < -0.4 is 0 Å². The molecule has 0 aliphatic carbocycles. The molecule has 0 aliphatic rings. The van der Waals surface area contributed by atoms with E-state index in [0.717, 1.165) is 15.6 Å². The lowest BCUT2D eigenvalue weighted by Crippen LogP contribution is -1.94. The van der Waals surface area contributed by atoms with Crippen LogP contribution in [0.25, 0.3) is 11.1 Å². The van der Waals surface area contributed by atoms with Crippen molar-refractivity contribution < 1.29 is 9.90 Å². The van der Waals surface area contributed by atoms with E-state index in [1.54, 1.807) is 5.38 Å². The topological polar surface area (TPSA) is 37.3 Å². The molecule has 15 heavy (non-hydrogen) atoms. The van der Waals surface area contributed by atoms with Gasteiger partial charge in [-0.25, -0.2) is 4.79 Å². The SMILES string of the molecule is O=C(O)c1sccc1-c1ccccc1Br. The molecule has 2 aromatic rings. The molecule has 0 spiro atoms. The second kappa shape index (κ2) is 4.16. The summed E-state index contributed by atoms with van der Waals surface area (Å²) in [6, 6.07) is 9.43. The molecule has 1 aromatic carbocycles. The van der Waals surface area contributed by atoms with Crippen molar-refractivity contribution in [1.29, 1.82) is 0 Å². The van der Waals surface area contributed by atoms with E-state index in [-0.39, 0.29) is 0 Å². The molecule has 1 heterocycles. The lowest BCUT2D eigenvalue weighted by molar-refractivity contribution is 0.0703. The van der Waals surface area contributed by atoms with E-state index in [1.807, 2.05) is 30.3 Å². The number of thiophene rings is 1. The van der Waals surface area contributed by atoms with Crippen LogP contribution in [0.4, 0.5) is 0 Å². The number of benzene rings is 1. The quantitative estimate of drug-likeness (QED) is 0.908. The molecule has 0 amide bonds. The van der Waals surface area contributed by atoms with E-state index in [1.165, 1.54) is 11.3 Å². The van der Waals surface area contributed by atoms with Crippen LogP contribution in [0.1, 0.15) is 9.67 Å². The fourth-order valence-corrected chi connectivity index (χ4v) is 2.61. The monoisotopic (exact) mass is 282 g/mol. The summed E-state index contributed by atoms with van der Waals surface area (Å²) in [7, 11) is 0. The molecule has 0 saturated heterocycles. The lowest BCUT2D eigenvalue weighted by Gasteiger charge is -2.02. The van der Waals surface area contributed by atoms with Crippen molar-refractivity contribution >= 4 is 33.2 Å². The largest absolute Gasteiger partial charge is 0.477 e. The summed E-state index contributed by atoms with van der Waals surface area (Å²) in [5, 5.41) is 10.8. The van der Waals surface area contributed by atoms with E-state index in [0.29, 0.717) is 4.88 Å². The molecule has 76 valence electrons. The minimum atomic E-state index is -0.879. The van der Waals surface area contributed by atoms with E-state index in [2.05, 4.69) is 15.9 Å². The first kappa shape index (κ1) is 10.4. The molecule has 0 fully saturated rings. The van der Waals surface area contributed by atoms with Gasteiger partial charge in [0, 0.05) is 10.0 Å². The molecular formula is C11H7BrO2S. The molecule has 0 atom stereocenters. The van der Waals surface area contributed by atoms with Gasteiger partial charge in [-0.15, -0.1) is 11.3 Å². The predicted molar refractivity (Wildman–Crippen MR) is 64.4 cm³/mol. The van der Waals surface area contributed by atoms with Crippen LogP contribution in [0, 0.1) is 0 Å². The van der Waals surface area contributed by atoms with Gasteiger partial charge < -0.3 is 5.11 Å². The van der Waals surface area contributed by atoms with Crippen molar-refractivity contribution in [1.82, 2.24) is 0 Å². The molecule has 2 nitrogen and oxygen atoms in total. The van der Waals surface area contributed by atoms with Gasteiger partial charge in [0.2, 0.25) is 0 Å². The summed E-state index contributed by atoms with van der Waals surface area (Å²) in [5.74, 6) is -0.879. The highest BCUT2D eigenvalue weighted by Gasteiger charge is 2.14. The summed E-state index contributed by atoms with van der Waals surface area (Å²) in [6.45, 7) is 0. The fourth-order valence-electron chi connectivity index (χ4n) is 1.37. The van der Waals surface area contributed by atoms with Gasteiger partial charge in [-0.2, -0.15) is 0 Å². The third kappa shape index (κ3) is 1.96. The van der Waals surface area contributed by atoms with Crippen LogP contribution in [0.2, 0.25) is 0 Å². The van der Waals surface area contributed by atoms with E-state index < -0.39 is 5.97 Å². The Bertz CT molecular complexity index is 505. The Labute approximate surface area is 99.3 Å². The van der Waals surface area contributed by atoms with E-state index in [4.69, 9.17) is 5.11 Å². The van der Waals surface area contributed by atoms with Gasteiger partial charge in [0.15, 0.2) is 0 Å². The van der Waals surface area contributed by atoms with Crippen LogP contribution >= 0.6 is 27.3 Å². The van der Waals surface area contributed by atoms with Crippen LogP contribution in [-0.2, 0) is 0 Å². The number of hydrogen-bond acceptors (Lipinski definition) is 2. The van der Waals surface area contributed by atoms with Crippen molar-refractivity contribution in [3.05, 3.63) is 45.1 Å². The molecule has 4 heteroatoms. The number of hydrogen-bond donors (Lipinski definition) is 1. The minimum Gasteiger partial charge on any atom is -0.477 e. The number of carboxylic acid groups (broad SMARTS) is 1. The molecule has 0 bridgehead atoms. The van der Waals surface area contributed by atoms with Crippen LogP contribution in [0.15, 0.2) is 40.2 Å². The molecule has 0 radical (unpaired) electrons. The zero-order valence-corrected chi connectivity index (χ0v) is 10.0. The number of rotatable bonds is 2. The zero-order valence-electron chi connectivity index (χ0n) is 7.61. The van der Waals surface area contributed by atoms with Gasteiger partial charge in [-0.05, 0) is 23.1 Å². The van der Waals surface area contributed by atoms with Crippen molar-refractivity contribution in [3.8, 4) is 11.1 Å². The third-order valence-electron chi connectivity index (χ3n) is 2.02. The van der Waals surface area contributed by atoms with Crippen LogP contribution in [0.3, 0.4) is 0 Å². The van der Waals surface area contributed by atoms with Gasteiger partial charge in [0.25, 0.3) is 0 Å². The summed E-state index contributed by atoms with van der Waals surface area (Å²) >= 11 is 4.65. The second-order valence-electron chi connectivity index (χ2n) is 2.95.